The Kier molecular flexibility index (Phi) is 3.15. The minimum absolute atomic E-state index is 0.289. The molecule has 0 unspecified atom stereocenters. The molecule has 0 aliphatic rings. The normalized spacial score (nSPS) is 11.4. The number of ether oxygens (including phenoxy) is 1. The molecule has 86 valence electrons. The van der Waals surface area contributed by atoms with Crippen molar-refractivity contribution in [3.63, 3.8) is 0 Å². The van der Waals surface area contributed by atoms with E-state index in [2.05, 4.69) is 36.7 Å². The number of nitrogens with two attached hydrogens (primary N) is 1. The number of fused-ring (bicyclic) bond motifs is 1. The van der Waals surface area contributed by atoms with Crippen LogP contribution in [0.1, 0.15) is 13.8 Å². The molecule has 2 rings (SSSR count). The molecule has 1 heterocycles. The summed E-state index contributed by atoms with van der Waals surface area (Å²) >= 11 is 0. The molecule has 0 radical (unpaired) electrons. The minimum Gasteiger partial charge on any atom is -0.399 e. The first-order valence-corrected chi connectivity index (χ1v) is 5.63. The van der Waals surface area contributed by atoms with Crippen molar-refractivity contribution < 1.29 is 4.74 Å². The molecule has 0 aliphatic carbocycles. The van der Waals surface area contributed by atoms with Gasteiger partial charge in [-0.15, -0.1) is 0 Å². The first kappa shape index (κ1) is 11.0. The monoisotopic (exact) mass is 218 g/mol. The second kappa shape index (κ2) is 4.58. The van der Waals surface area contributed by atoms with Crippen LogP contribution >= 0.6 is 0 Å². The van der Waals surface area contributed by atoms with Crippen LogP contribution < -0.4 is 5.73 Å². The summed E-state index contributed by atoms with van der Waals surface area (Å²) in [4.78, 5) is 0. The first-order chi connectivity index (χ1) is 7.66. The van der Waals surface area contributed by atoms with E-state index in [0.717, 1.165) is 18.8 Å². The Morgan fingerprint density at radius 3 is 2.88 bits per heavy atom. The Morgan fingerprint density at radius 1 is 1.31 bits per heavy atom. The summed E-state index contributed by atoms with van der Waals surface area (Å²) in [5, 5.41) is 1.18. The zero-order valence-corrected chi connectivity index (χ0v) is 9.81. The largest absolute Gasteiger partial charge is 0.399 e. The smallest absolute Gasteiger partial charge is 0.0649 e. The van der Waals surface area contributed by atoms with Gasteiger partial charge >= 0.3 is 0 Å². The van der Waals surface area contributed by atoms with E-state index in [1.807, 2.05) is 12.1 Å². The highest BCUT2D eigenvalue weighted by molar-refractivity contribution is 5.83. The van der Waals surface area contributed by atoms with Crippen molar-refractivity contribution in [3.8, 4) is 0 Å². The lowest BCUT2D eigenvalue weighted by atomic mass is 10.2. The fourth-order valence-electron chi connectivity index (χ4n) is 1.80. The molecule has 1 aromatic heterocycles. The Morgan fingerprint density at radius 2 is 2.12 bits per heavy atom. The molecular formula is C13H18N2O. The summed E-state index contributed by atoms with van der Waals surface area (Å²) in [5.41, 5.74) is 7.76. The van der Waals surface area contributed by atoms with E-state index in [0.29, 0.717) is 0 Å². The average molecular weight is 218 g/mol. The van der Waals surface area contributed by atoms with Gasteiger partial charge in [-0.2, -0.15) is 0 Å². The van der Waals surface area contributed by atoms with Gasteiger partial charge in [-0.3, -0.25) is 0 Å². The zero-order valence-electron chi connectivity index (χ0n) is 9.81. The van der Waals surface area contributed by atoms with Crippen molar-refractivity contribution in [2.75, 3.05) is 12.3 Å². The van der Waals surface area contributed by atoms with Crippen molar-refractivity contribution >= 4 is 16.6 Å². The molecule has 16 heavy (non-hydrogen) atoms. The van der Waals surface area contributed by atoms with Gasteiger partial charge in [-0.25, -0.2) is 0 Å². The molecule has 0 saturated carbocycles. The van der Waals surface area contributed by atoms with Crippen LogP contribution in [0.25, 0.3) is 10.9 Å². The molecule has 0 aliphatic heterocycles. The third-order valence-electron chi connectivity index (χ3n) is 2.58. The van der Waals surface area contributed by atoms with Gasteiger partial charge in [-0.1, -0.05) is 0 Å². The number of benzene rings is 1. The number of rotatable bonds is 4. The highest BCUT2D eigenvalue weighted by Crippen LogP contribution is 2.18. The average Bonchev–Trinajstić information content (AvgIpc) is 2.60. The van der Waals surface area contributed by atoms with E-state index >= 15 is 0 Å². The quantitative estimate of drug-likeness (QED) is 0.801. The number of hydrogen-bond donors (Lipinski definition) is 1. The standard InChI is InChI=1S/C13H18N2O/c1-10(2)16-8-7-15-6-5-11-9-12(14)3-4-13(11)15/h3-6,9-10H,7-8,14H2,1-2H3. The number of hydrogen-bond acceptors (Lipinski definition) is 2. The van der Waals surface area contributed by atoms with Gasteiger partial charge in [0.05, 0.1) is 12.7 Å². The van der Waals surface area contributed by atoms with Crippen molar-refractivity contribution in [2.24, 2.45) is 0 Å². The van der Waals surface area contributed by atoms with Crippen molar-refractivity contribution in [3.05, 3.63) is 30.5 Å². The van der Waals surface area contributed by atoms with E-state index in [4.69, 9.17) is 10.5 Å². The Labute approximate surface area is 95.8 Å². The van der Waals surface area contributed by atoms with E-state index in [1.54, 1.807) is 0 Å². The Balaban J connectivity index is 2.13. The van der Waals surface area contributed by atoms with Gasteiger partial charge in [-0.05, 0) is 38.1 Å². The van der Waals surface area contributed by atoms with Crippen LogP contribution in [0, 0.1) is 0 Å². The molecule has 0 amide bonds. The van der Waals surface area contributed by atoms with Crippen LogP contribution in [0.2, 0.25) is 0 Å². The third kappa shape index (κ3) is 2.36. The molecule has 0 bridgehead atoms. The number of nitrogen functional groups attached to an aromatic ring is 1. The van der Waals surface area contributed by atoms with Gasteiger partial charge in [0, 0.05) is 29.3 Å². The summed E-state index contributed by atoms with van der Waals surface area (Å²) in [5.74, 6) is 0. The van der Waals surface area contributed by atoms with E-state index < -0.39 is 0 Å². The second-order valence-corrected chi connectivity index (χ2v) is 4.25. The maximum Gasteiger partial charge on any atom is 0.0649 e. The lowest BCUT2D eigenvalue weighted by Crippen LogP contribution is -2.09. The summed E-state index contributed by atoms with van der Waals surface area (Å²) in [7, 11) is 0. The topological polar surface area (TPSA) is 40.2 Å². The molecule has 2 aromatic rings. The number of anilines is 1. The van der Waals surface area contributed by atoms with E-state index in [1.165, 1.54) is 10.9 Å². The van der Waals surface area contributed by atoms with Gasteiger partial charge < -0.3 is 15.0 Å². The lowest BCUT2D eigenvalue weighted by Gasteiger charge is -2.09. The third-order valence-corrected chi connectivity index (χ3v) is 2.58. The van der Waals surface area contributed by atoms with Crippen LogP contribution in [-0.4, -0.2) is 17.3 Å². The molecule has 0 spiro atoms. The predicted octanol–water partition coefficient (Wildman–Crippen LogP) is 2.65. The number of nitrogens with zero attached hydrogens (tertiary/aromatic N) is 1. The first-order valence-electron chi connectivity index (χ1n) is 5.63. The van der Waals surface area contributed by atoms with Gasteiger partial charge in [0.25, 0.3) is 0 Å². The maximum absolute atomic E-state index is 5.74. The molecule has 2 N–H and O–H groups in total. The van der Waals surface area contributed by atoms with Gasteiger partial charge in [0.1, 0.15) is 0 Å². The van der Waals surface area contributed by atoms with Crippen LogP contribution in [0.5, 0.6) is 0 Å². The molecule has 3 nitrogen and oxygen atoms in total. The molecular weight excluding hydrogens is 200 g/mol. The van der Waals surface area contributed by atoms with Crippen molar-refractivity contribution in [1.29, 1.82) is 0 Å². The highest BCUT2D eigenvalue weighted by Gasteiger charge is 2.01. The van der Waals surface area contributed by atoms with Crippen LogP contribution in [-0.2, 0) is 11.3 Å². The summed E-state index contributed by atoms with van der Waals surface area (Å²) in [6.07, 6.45) is 2.37. The zero-order chi connectivity index (χ0) is 11.5. The van der Waals surface area contributed by atoms with Crippen molar-refractivity contribution in [2.45, 2.75) is 26.5 Å². The molecule has 0 saturated heterocycles. The molecule has 0 fully saturated rings. The fraction of sp³-hybridized carbons (Fsp3) is 0.385. The minimum atomic E-state index is 0.289. The van der Waals surface area contributed by atoms with E-state index in [9.17, 15) is 0 Å². The second-order valence-electron chi connectivity index (χ2n) is 4.25. The molecule has 3 heteroatoms. The van der Waals surface area contributed by atoms with Crippen LogP contribution in [0.15, 0.2) is 30.5 Å². The van der Waals surface area contributed by atoms with Gasteiger partial charge in [0.15, 0.2) is 0 Å². The van der Waals surface area contributed by atoms with Crippen molar-refractivity contribution in [1.82, 2.24) is 4.57 Å². The number of aromatic nitrogens is 1. The lowest BCUT2D eigenvalue weighted by molar-refractivity contribution is 0.0733. The summed E-state index contributed by atoms with van der Waals surface area (Å²) in [6, 6.07) is 8.07. The summed E-state index contributed by atoms with van der Waals surface area (Å²) in [6.45, 7) is 5.72. The van der Waals surface area contributed by atoms with Crippen LogP contribution in [0.4, 0.5) is 5.69 Å². The fourth-order valence-corrected chi connectivity index (χ4v) is 1.80. The SMILES string of the molecule is CC(C)OCCn1ccc2cc(N)ccc21. The molecule has 0 atom stereocenters. The molecule has 1 aromatic carbocycles. The van der Waals surface area contributed by atoms with E-state index in [-0.39, 0.29) is 6.10 Å². The van der Waals surface area contributed by atoms with Crippen LogP contribution in [0.3, 0.4) is 0 Å². The maximum atomic E-state index is 5.74. The predicted molar refractivity (Wildman–Crippen MR) is 67.4 cm³/mol. The highest BCUT2D eigenvalue weighted by atomic mass is 16.5. The Bertz CT molecular complexity index is 474. The Hall–Kier alpha value is -1.48. The summed E-state index contributed by atoms with van der Waals surface area (Å²) < 4.78 is 7.73. The van der Waals surface area contributed by atoms with Gasteiger partial charge in [0.2, 0.25) is 0 Å².